The van der Waals surface area contributed by atoms with Crippen molar-refractivity contribution in [3.05, 3.63) is 23.8 Å². The van der Waals surface area contributed by atoms with Gasteiger partial charge in [0.15, 0.2) is 6.61 Å². The van der Waals surface area contributed by atoms with Crippen LogP contribution in [0, 0.1) is 0 Å². The molecule has 0 atom stereocenters. The lowest BCUT2D eigenvalue weighted by Crippen LogP contribution is -2.37. The molecule has 0 radical (unpaired) electrons. The largest absolute Gasteiger partial charge is 0.482 e. The summed E-state index contributed by atoms with van der Waals surface area (Å²) in [6, 6.07) is 5.41. The van der Waals surface area contributed by atoms with Gasteiger partial charge in [0.2, 0.25) is 11.8 Å². The van der Waals surface area contributed by atoms with Crippen molar-refractivity contribution in [2.24, 2.45) is 0 Å². The van der Waals surface area contributed by atoms with E-state index in [4.69, 9.17) is 4.74 Å². The van der Waals surface area contributed by atoms with Gasteiger partial charge in [0.25, 0.3) is 5.91 Å². The first kappa shape index (κ1) is 17.3. The lowest BCUT2D eigenvalue weighted by atomic mass is 10.1. The van der Waals surface area contributed by atoms with E-state index in [-0.39, 0.29) is 30.7 Å². The number of benzene rings is 1. The second-order valence-corrected chi connectivity index (χ2v) is 6.31. The summed E-state index contributed by atoms with van der Waals surface area (Å²) in [4.78, 5) is 39.5. The highest BCUT2D eigenvalue weighted by molar-refractivity contribution is 5.95. The fourth-order valence-corrected chi connectivity index (χ4v) is 3.17. The molecule has 1 aromatic rings. The van der Waals surface area contributed by atoms with E-state index in [9.17, 15) is 14.4 Å². The van der Waals surface area contributed by atoms with Crippen molar-refractivity contribution in [1.29, 1.82) is 0 Å². The van der Waals surface area contributed by atoms with E-state index in [2.05, 4.69) is 5.32 Å². The molecule has 0 unspecified atom stereocenters. The van der Waals surface area contributed by atoms with Gasteiger partial charge >= 0.3 is 0 Å². The lowest BCUT2D eigenvalue weighted by Gasteiger charge is -2.22. The third-order valence-corrected chi connectivity index (χ3v) is 4.54. The molecule has 0 spiro atoms. The average Bonchev–Trinajstić information content (AvgIpc) is 2.87. The highest BCUT2D eigenvalue weighted by Gasteiger charge is 2.22. The van der Waals surface area contributed by atoms with E-state index in [0.717, 1.165) is 12.0 Å². The van der Waals surface area contributed by atoms with Crippen LogP contribution in [0.15, 0.2) is 18.2 Å². The van der Waals surface area contributed by atoms with Gasteiger partial charge in [-0.2, -0.15) is 0 Å². The summed E-state index contributed by atoms with van der Waals surface area (Å²) in [6.45, 7) is 4.40. The van der Waals surface area contributed by atoms with Crippen LogP contribution in [0.1, 0.15) is 25.3 Å². The minimum absolute atomic E-state index is 0.0199. The molecule has 2 heterocycles. The molecule has 7 nitrogen and oxygen atoms in total. The minimum atomic E-state index is -0.191. The number of anilines is 1. The molecular weight excluding hydrogens is 322 g/mol. The van der Waals surface area contributed by atoms with Gasteiger partial charge in [-0.25, -0.2) is 0 Å². The van der Waals surface area contributed by atoms with Crippen LogP contribution < -0.4 is 10.1 Å². The first-order chi connectivity index (χ1) is 12.1. The number of amides is 3. The van der Waals surface area contributed by atoms with Crippen LogP contribution in [0.5, 0.6) is 5.75 Å². The number of rotatable bonds is 3. The minimum Gasteiger partial charge on any atom is -0.482 e. The molecule has 0 aliphatic carbocycles. The number of carbonyl (C=O) groups excluding carboxylic acids is 3. The van der Waals surface area contributed by atoms with Crippen LogP contribution in [0.3, 0.4) is 0 Å². The Morgan fingerprint density at radius 2 is 1.84 bits per heavy atom. The number of hydrogen-bond donors (Lipinski definition) is 1. The Labute approximate surface area is 146 Å². The number of fused-ring (bicyclic) bond motifs is 1. The molecule has 1 fully saturated rings. The molecule has 3 rings (SSSR count). The van der Waals surface area contributed by atoms with E-state index >= 15 is 0 Å². The van der Waals surface area contributed by atoms with Crippen LogP contribution in [-0.4, -0.2) is 60.3 Å². The van der Waals surface area contributed by atoms with E-state index in [1.807, 2.05) is 22.8 Å². The molecule has 2 aliphatic heterocycles. The number of ether oxygens (including phenoxy) is 1. The topological polar surface area (TPSA) is 79.0 Å². The van der Waals surface area contributed by atoms with Crippen molar-refractivity contribution in [3.8, 4) is 5.75 Å². The molecule has 1 saturated heterocycles. The van der Waals surface area contributed by atoms with E-state index in [0.29, 0.717) is 44.0 Å². The predicted octanol–water partition coefficient (Wildman–Crippen LogP) is 1.03. The fourth-order valence-electron chi connectivity index (χ4n) is 3.17. The van der Waals surface area contributed by atoms with Crippen molar-refractivity contribution in [2.75, 3.05) is 38.1 Å². The Morgan fingerprint density at radius 1 is 1.12 bits per heavy atom. The molecule has 0 aromatic heterocycles. The number of hydrogen-bond acceptors (Lipinski definition) is 4. The van der Waals surface area contributed by atoms with Crippen LogP contribution in [0.4, 0.5) is 5.69 Å². The number of nitrogens with zero attached hydrogens (tertiary/aromatic N) is 2. The monoisotopic (exact) mass is 345 g/mol. The Kier molecular flexibility index (Phi) is 5.21. The van der Waals surface area contributed by atoms with Crippen LogP contribution >= 0.6 is 0 Å². The summed E-state index contributed by atoms with van der Waals surface area (Å²) in [6.07, 6.45) is 1.56. The number of nitrogens with one attached hydrogen (secondary N) is 1. The summed E-state index contributed by atoms with van der Waals surface area (Å²) in [5, 5.41) is 2.75. The van der Waals surface area contributed by atoms with Gasteiger partial charge in [-0.1, -0.05) is 13.0 Å². The Balaban J connectivity index is 1.61. The third-order valence-electron chi connectivity index (χ3n) is 4.54. The zero-order chi connectivity index (χ0) is 17.8. The van der Waals surface area contributed by atoms with Gasteiger partial charge in [-0.3, -0.25) is 14.4 Å². The smallest absolute Gasteiger partial charge is 0.262 e. The molecule has 25 heavy (non-hydrogen) atoms. The van der Waals surface area contributed by atoms with Crippen molar-refractivity contribution in [2.45, 2.75) is 26.2 Å². The van der Waals surface area contributed by atoms with Gasteiger partial charge in [0.05, 0.1) is 12.1 Å². The number of carbonyl (C=O) groups is 3. The van der Waals surface area contributed by atoms with E-state index < -0.39 is 0 Å². The first-order valence-electron chi connectivity index (χ1n) is 8.68. The Bertz CT molecular complexity index is 689. The van der Waals surface area contributed by atoms with Crippen LogP contribution in [0.25, 0.3) is 0 Å². The van der Waals surface area contributed by atoms with Crippen molar-refractivity contribution in [3.63, 3.8) is 0 Å². The summed E-state index contributed by atoms with van der Waals surface area (Å²) in [7, 11) is 0. The highest BCUT2D eigenvalue weighted by atomic mass is 16.5. The Hall–Kier alpha value is -2.57. The summed E-state index contributed by atoms with van der Waals surface area (Å²) in [5.74, 6) is 0.608. The van der Waals surface area contributed by atoms with Crippen molar-refractivity contribution < 1.29 is 19.1 Å². The quantitative estimate of drug-likeness (QED) is 0.887. The standard InChI is InChI=1S/C18H23N3O4/c1-2-17(23)20-6-3-7-21(9-8-20)18(24)11-13-4-5-15-14(10-13)19-16(22)12-25-15/h4-5,10H,2-3,6-9,11-12H2,1H3,(H,19,22). The van der Waals surface area contributed by atoms with Gasteiger partial charge in [0, 0.05) is 32.6 Å². The SMILES string of the molecule is CCC(=O)N1CCCN(C(=O)Cc2ccc3c(c2)NC(=O)CO3)CC1. The lowest BCUT2D eigenvalue weighted by molar-refractivity contribution is -0.133. The van der Waals surface area contributed by atoms with Gasteiger partial charge in [-0.15, -0.1) is 0 Å². The zero-order valence-electron chi connectivity index (χ0n) is 14.4. The molecule has 134 valence electrons. The molecule has 7 heteroatoms. The average molecular weight is 345 g/mol. The summed E-state index contributed by atoms with van der Waals surface area (Å²) in [5.41, 5.74) is 1.44. The maximum atomic E-state index is 12.6. The van der Waals surface area contributed by atoms with Crippen LogP contribution in [-0.2, 0) is 20.8 Å². The molecular formula is C18H23N3O4. The molecule has 0 saturated carbocycles. The normalized spacial score (nSPS) is 17.2. The molecule has 3 amide bonds. The van der Waals surface area contributed by atoms with E-state index in [1.165, 1.54) is 0 Å². The third kappa shape index (κ3) is 4.10. The molecule has 0 bridgehead atoms. The molecule has 1 aromatic carbocycles. The fraction of sp³-hybridized carbons (Fsp3) is 0.500. The second kappa shape index (κ2) is 7.55. The maximum absolute atomic E-state index is 12.6. The second-order valence-electron chi connectivity index (χ2n) is 6.31. The predicted molar refractivity (Wildman–Crippen MR) is 92.3 cm³/mol. The van der Waals surface area contributed by atoms with Crippen molar-refractivity contribution >= 4 is 23.4 Å². The van der Waals surface area contributed by atoms with Crippen molar-refractivity contribution in [1.82, 2.24) is 9.80 Å². The molecule has 2 aliphatic rings. The first-order valence-corrected chi connectivity index (χ1v) is 8.68. The van der Waals surface area contributed by atoms with Gasteiger partial charge < -0.3 is 19.9 Å². The molecule has 1 N–H and O–H groups in total. The van der Waals surface area contributed by atoms with Gasteiger partial charge in [0.1, 0.15) is 5.75 Å². The highest BCUT2D eigenvalue weighted by Crippen LogP contribution is 2.28. The zero-order valence-corrected chi connectivity index (χ0v) is 14.4. The summed E-state index contributed by atoms with van der Waals surface area (Å²) >= 11 is 0. The van der Waals surface area contributed by atoms with Gasteiger partial charge in [-0.05, 0) is 24.1 Å². The summed E-state index contributed by atoms with van der Waals surface area (Å²) < 4.78 is 5.33. The van der Waals surface area contributed by atoms with Crippen LogP contribution in [0.2, 0.25) is 0 Å². The van der Waals surface area contributed by atoms with E-state index in [1.54, 1.807) is 12.1 Å². The Morgan fingerprint density at radius 3 is 2.56 bits per heavy atom. The maximum Gasteiger partial charge on any atom is 0.262 e.